The Labute approximate surface area is 493 Å². The topological polar surface area (TPSA) is 332 Å². The number of nitrogens with two attached hydrogens (primary N) is 1. The summed E-state index contributed by atoms with van der Waals surface area (Å²) in [7, 11) is 0. The highest BCUT2D eigenvalue weighted by molar-refractivity contribution is 5.97. The number of pyridine rings is 6. The largest absolute Gasteiger partial charge is 0.481 e. The van der Waals surface area contributed by atoms with Gasteiger partial charge in [-0.05, 0) is 95.1 Å². The molecule has 2 aromatic carbocycles. The number of carboxylic acids is 1. The van der Waals surface area contributed by atoms with Crippen LogP contribution in [0, 0.1) is 0 Å². The molecule has 10 N–H and O–H groups in total. The van der Waals surface area contributed by atoms with Crippen molar-refractivity contribution in [1.29, 1.82) is 0 Å². The normalized spacial score (nSPS) is 11.3. The van der Waals surface area contributed by atoms with Gasteiger partial charge in [-0.1, -0.05) is 72.8 Å². The van der Waals surface area contributed by atoms with Crippen LogP contribution in [0.4, 0.5) is 0 Å². The average Bonchev–Trinajstić information content (AvgIpc) is 3.57. The first-order valence-electron chi connectivity index (χ1n) is 27.3. The summed E-state index contributed by atoms with van der Waals surface area (Å²) in [4.78, 5) is 80.1. The molecule has 0 bridgehead atoms. The van der Waals surface area contributed by atoms with E-state index in [-0.39, 0.29) is 37.2 Å². The van der Waals surface area contributed by atoms with E-state index in [9.17, 15) is 34.5 Å². The molecule has 0 atom stereocenters. The van der Waals surface area contributed by atoms with Crippen molar-refractivity contribution in [3.05, 3.63) is 250 Å². The number of amides is 1. The fraction of sp³-hybridized carbons (Fsp3) is 0.281. The highest BCUT2D eigenvalue weighted by Gasteiger charge is 2.30. The summed E-state index contributed by atoms with van der Waals surface area (Å²) in [6.07, 6.45) is 10.7. The lowest BCUT2D eigenvalue weighted by Crippen LogP contribution is -2.57. The van der Waals surface area contributed by atoms with Gasteiger partial charge in [0, 0.05) is 100 Å². The summed E-state index contributed by atoms with van der Waals surface area (Å²) in [6.45, 7) is 0.742. The van der Waals surface area contributed by atoms with E-state index in [1.807, 2.05) is 91.0 Å². The summed E-state index contributed by atoms with van der Waals surface area (Å²) in [5, 5.41) is 64.6. The molecular formula is C64H72N10O11. The van der Waals surface area contributed by atoms with E-state index < -0.39 is 62.6 Å². The van der Waals surface area contributed by atoms with Gasteiger partial charge in [0.1, 0.15) is 5.54 Å². The van der Waals surface area contributed by atoms with Crippen molar-refractivity contribution in [2.75, 3.05) is 39.6 Å². The molecule has 0 fully saturated rings. The number of ketones is 2. The Morgan fingerprint density at radius 1 is 0.388 bits per heavy atom. The van der Waals surface area contributed by atoms with Crippen molar-refractivity contribution in [3.63, 3.8) is 0 Å². The van der Waals surface area contributed by atoms with Gasteiger partial charge < -0.3 is 46.8 Å². The van der Waals surface area contributed by atoms with Crippen LogP contribution in [0.1, 0.15) is 77.1 Å². The number of carbonyl (C=O) groups is 4. The maximum Gasteiger partial charge on any atom is 0.307 e. The molecule has 85 heavy (non-hydrogen) atoms. The van der Waals surface area contributed by atoms with Gasteiger partial charge >= 0.3 is 5.97 Å². The van der Waals surface area contributed by atoms with Crippen molar-refractivity contribution in [2.24, 2.45) is 5.73 Å². The Morgan fingerprint density at radius 3 is 0.941 bits per heavy atom. The first-order chi connectivity index (χ1) is 41.1. The lowest BCUT2D eigenvalue weighted by atomic mass is 10.0. The molecule has 0 radical (unpaired) electrons. The minimum atomic E-state index is -1.47. The second-order valence-electron chi connectivity index (χ2n) is 20.4. The number of hydrogen-bond donors (Lipinski definition) is 9. The van der Waals surface area contributed by atoms with Gasteiger partial charge in [0.05, 0.1) is 92.2 Å². The van der Waals surface area contributed by atoms with Crippen LogP contribution in [0.25, 0.3) is 0 Å². The molecule has 1 amide bonds. The Bertz CT molecular complexity index is 3160. The molecule has 21 heteroatoms. The van der Waals surface area contributed by atoms with Crippen LogP contribution in [0.2, 0.25) is 0 Å². The molecule has 0 aliphatic rings. The van der Waals surface area contributed by atoms with Crippen LogP contribution >= 0.6 is 0 Å². The summed E-state index contributed by atoms with van der Waals surface area (Å²) in [6, 6.07) is 44.9. The lowest BCUT2D eigenvalue weighted by molar-refractivity contribution is -0.136. The maximum absolute atomic E-state index is 12.9. The molecule has 0 saturated carbocycles. The van der Waals surface area contributed by atoms with Gasteiger partial charge in [-0.15, -0.1) is 0 Å². The number of Topliss-reactive ketones (excluding diaryl/α,β-unsaturated/α-hetero) is 2. The molecule has 0 aliphatic heterocycles. The number of hydrogen-bond acceptors (Lipinski definition) is 19. The van der Waals surface area contributed by atoms with Crippen molar-refractivity contribution in [2.45, 2.75) is 76.0 Å². The molecule has 0 unspecified atom stereocenters. The van der Waals surface area contributed by atoms with Gasteiger partial charge in [0.2, 0.25) is 5.91 Å². The van der Waals surface area contributed by atoms with Gasteiger partial charge in [0.25, 0.3) is 0 Å². The van der Waals surface area contributed by atoms with E-state index in [0.717, 1.165) is 45.3 Å². The Hall–Kier alpha value is -8.74. The highest BCUT2D eigenvalue weighted by Crippen LogP contribution is 2.17. The van der Waals surface area contributed by atoms with Crippen LogP contribution in [0.3, 0.4) is 0 Å². The first-order valence-corrected chi connectivity index (χ1v) is 27.3. The van der Waals surface area contributed by atoms with Crippen molar-refractivity contribution >= 4 is 23.4 Å². The van der Waals surface area contributed by atoms with Gasteiger partial charge in [-0.2, -0.15) is 0 Å². The van der Waals surface area contributed by atoms with E-state index in [1.165, 1.54) is 0 Å². The fourth-order valence-corrected chi connectivity index (χ4v) is 8.29. The Morgan fingerprint density at radius 2 is 0.694 bits per heavy atom. The number of carbonyl (C=O) groups excluding carboxylic acids is 3. The van der Waals surface area contributed by atoms with Crippen LogP contribution in [-0.2, 0) is 74.5 Å². The van der Waals surface area contributed by atoms with Crippen molar-refractivity contribution in [3.8, 4) is 0 Å². The zero-order valence-corrected chi connectivity index (χ0v) is 47.1. The summed E-state index contributed by atoms with van der Waals surface area (Å²) in [5.74, 6) is -1.43. The number of benzene rings is 2. The van der Waals surface area contributed by atoms with Crippen molar-refractivity contribution in [1.82, 2.24) is 45.0 Å². The molecular weight excluding hydrogens is 1080 g/mol. The van der Waals surface area contributed by atoms with Gasteiger partial charge in [-0.25, -0.2) is 0 Å². The van der Waals surface area contributed by atoms with Crippen LogP contribution < -0.4 is 11.1 Å². The number of aliphatic hydroxyl groups is 6. The lowest BCUT2D eigenvalue weighted by Gasteiger charge is -2.28. The van der Waals surface area contributed by atoms with Crippen molar-refractivity contribution < 1.29 is 54.9 Å². The number of aromatic nitrogens is 6. The second kappa shape index (κ2) is 34.1. The highest BCUT2D eigenvalue weighted by atomic mass is 16.4. The van der Waals surface area contributed by atoms with Crippen LogP contribution in [0.15, 0.2) is 183 Å². The average molecular weight is 1160 g/mol. The fourth-order valence-electron chi connectivity index (χ4n) is 8.29. The maximum atomic E-state index is 12.9. The number of nitrogens with zero attached hydrogens (tertiary/aromatic N) is 8. The molecule has 8 aromatic rings. The minimum absolute atomic E-state index is 0.000946. The quantitative estimate of drug-likeness (QED) is 0.0302. The standard InChI is InChI=1S/C32H35N5O5.C28H26N4O3.C4H11NO3/c38-21-32(22-39,23-40)36-31(42)16-25-9-7-24(8-10-25)15-30(41)26-11-12-29(35-17-26)20-37(18-27-5-1-3-13-33-27)19-28-6-2-4-14-34-28;33-27(15-21-7-9-22(10-8-21)16-28(34)35)23-11-12-26(31-17-23)20-32(18-24-5-1-3-13-29-24)19-25-6-2-4-14-30-25;5-4(1-6,2-7)3-8/h1-14,17,38-40H,15-16,18-23H2,(H,36,42);1-14,17H,15-16,18-20H2,(H,34,35);6-8H,1-3,5H2. The predicted molar refractivity (Wildman–Crippen MR) is 316 cm³/mol. The molecule has 444 valence electrons. The van der Waals surface area contributed by atoms with Crippen LogP contribution in [0.5, 0.6) is 0 Å². The predicted octanol–water partition coefficient (Wildman–Crippen LogP) is 3.66. The molecule has 0 spiro atoms. The number of nitrogens with one attached hydrogen (secondary N) is 1. The number of aliphatic hydroxyl groups excluding tert-OH is 6. The minimum Gasteiger partial charge on any atom is -0.481 e. The van der Waals surface area contributed by atoms with E-state index >= 15 is 0 Å². The third-order valence-electron chi connectivity index (χ3n) is 13.3. The molecule has 6 heterocycles. The van der Waals surface area contributed by atoms with E-state index in [2.05, 4.69) is 45.0 Å². The molecule has 21 nitrogen and oxygen atoms in total. The van der Waals surface area contributed by atoms with Crippen LogP contribution in [-0.4, -0.2) is 150 Å². The second-order valence-corrected chi connectivity index (χ2v) is 20.4. The Kier molecular flexibility index (Phi) is 26.3. The zero-order chi connectivity index (χ0) is 60.9. The summed E-state index contributed by atoms with van der Waals surface area (Å²) < 4.78 is 0. The van der Waals surface area contributed by atoms with E-state index in [0.29, 0.717) is 61.5 Å². The molecule has 8 rings (SSSR count). The smallest absolute Gasteiger partial charge is 0.307 e. The zero-order valence-electron chi connectivity index (χ0n) is 47.1. The third-order valence-corrected chi connectivity index (χ3v) is 13.3. The summed E-state index contributed by atoms with van der Waals surface area (Å²) in [5.41, 5.74) is 12.1. The molecule has 0 aliphatic carbocycles. The van der Waals surface area contributed by atoms with E-state index in [4.69, 9.17) is 26.2 Å². The SMILES string of the molecule is NC(CO)(CO)CO.O=C(Cc1ccc(CC(=O)c2ccc(CN(Cc3ccccn3)Cc3ccccn3)nc2)cc1)NC(CO)(CO)CO.O=C(O)Cc1ccc(CC(=O)c2ccc(CN(Cc3ccccn3)Cc3ccccn3)nc2)cc1. The first kappa shape index (κ1) is 65.4. The number of carboxylic acid groups (broad SMARTS) is 1. The van der Waals surface area contributed by atoms with Gasteiger partial charge in [-0.3, -0.25) is 58.9 Å². The molecule has 6 aromatic heterocycles. The molecule has 0 saturated heterocycles. The number of aliphatic carboxylic acids is 1. The van der Waals surface area contributed by atoms with E-state index in [1.54, 1.807) is 91.8 Å². The summed E-state index contributed by atoms with van der Waals surface area (Å²) >= 11 is 0. The Balaban J connectivity index is 0.000000244. The third kappa shape index (κ3) is 22.4. The monoisotopic (exact) mass is 1160 g/mol. The number of rotatable bonds is 29. The van der Waals surface area contributed by atoms with Gasteiger partial charge in [0.15, 0.2) is 11.6 Å².